The summed E-state index contributed by atoms with van der Waals surface area (Å²) in [6.45, 7) is 4.23. The number of nitrogens with one attached hydrogen (secondary N) is 1. The number of benzene rings is 2. The van der Waals surface area contributed by atoms with Gasteiger partial charge in [-0.1, -0.05) is 34.1 Å². The molecule has 0 amide bonds. The van der Waals surface area contributed by atoms with Gasteiger partial charge in [-0.25, -0.2) is 0 Å². The van der Waals surface area contributed by atoms with Gasteiger partial charge in [0, 0.05) is 4.47 Å². The molecule has 2 unspecified atom stereocenters. The molecule has 2 aromatic carbocycles. The van der Waals surface area contributed by atoms with Crippen molar-refractivity contribution in [2.24, 2.45) is 0 Å². The van der Waals surface area contributed by atoms with Gasteiger partial charge < -0.3 is 10.1 Å². The molecule has 0 spiro atoms. The van der Waals surface area contributed by atoms with E-state index in [1.54, 1.807) is 0 Å². The van der Waals surface area contributed by atoms with E-state index in [1.165, 1.54) is 11.1 Å². The number of rotatable bonds is 1. The smallest absolute Gasteiger partial charge is 0.144 e. The second-order valence-electron chi connectivity index (χ2n) is 5.03. The zero-order valence-electron chi connectivity index (χ0n) is 11.0. The van der Waals surface area contributed by atoms with Gasteiger partial charge in [-0.15, -0.1) is 0 Å². The molecular formula is C16H16BrNO. The summed E-state index contributed by atoms with van der Waals surface area (Å²) in [5.74, 6) is 0.933. The summed E-state index contributed by atoms with van der Waals surface area (Å²) in [5.41, 5.74) is 3.47. The van der Waals surface area contributed by atoms with Crippen LogP contribution in [0.3, 0.4) is 0 Å². The number of aryl methyl sites for hydroxylation is 1. The molecule has 3 heteroatoms. The highest BCUT2D eigenvalue weighted by Crippen LogP contribution is 2.38. The van der Waals surface area contributed by atoms with E-state index in [4.69, 9.17) is 4.74 Å². The quantitative estimate of drug-likeness (QED) is 0.823. The lowest BCUT2D eigenvalue weighted by Gasteiger charge is -2.33. The Balaban J connectivity index is 1.97. The van der Waals surface area contributed by atoms with Gasteiger partial charge in [0.1, 0.15) is 11.9 Å². The zero-order chi connectivity index (χ0) is 13.4. The Kier molecular flexibility index (Phi) is 3.23. The molecule has 1 aliphatic rings. The number of hydrogen-bond acceptors (Lipinski definition) is 2. The third kappa shape index (κ3) is 2.47. The van der Waals surface area contributed by atoms with E-state index in [9.17, 15) is 0 Å². The number of anilines is 1. The molecule has 0 radical (unpaired) electrons. The third-order valence-electron chi connectivity index (χ3n) is 3.41. The molecule has 1 aliphatic heterocycles. The predicted octanol–water partition coefficient (Wildman–Crippen LogP) is 4.69. The SMILES string of the molecule is Cc1ccc2c(c1)OC(c1cccc(Br)c1)C(C)N2. The van der Waals surface area contributed by atoms with Crippen molar-refractivity contribution in [3.05, 3.63) is 58.1 Å². The molecule has 0 bridgehead atoms. The van der Waals surface area contributed by atoms with Crippen LogP contribution in [0.5, 0.6) is 5.75 Å². The highest BCUT2D eigenvalue weighted by molar-refractivity contribution is 9.10. The average Bonchev–Trinajstić information content (AvgIpc) is 2.38. The number of hydrogen-bond donors (Lipinski definition) is 1. The van der Waals surface area contributed by atoms with Crippen molar-refractivity contribution in [3.8, 4) is 5.75 Å². The highest BCUT2D eigenvalue weighted by atomic mass is 79.9. The minimum Gasteiger partial charge on any atom is -0.481 e. The van der Waals surface area contributed by atoms with Crippen molar-refractivity contribution >= 4 is 21.6 Å². The largest absolute Gasteiger partial charge is 0.481 e. The van der Waals surface area contributed by atoms with Crippen molar-refractivity contribution in [2.45, 2.75) is 26.0 Å². The van der Waals surface area contributed by atoms with Crippen LogP contribution in [0, 0.1) is 6.92 Å². The minimum atomic E-state index is 0.0341. The first-order chi connectivity index (χ1) is 9.13. The van der Waals surface area contributed by atoms with Crippen LogP contribution >= 0.6 is 15.9 Å². The van der Waals surface area contributed by atoms with Crippen LogP contribution in [-0.4, -0.2) is 6.04 Å². The Bertz CT molecular complexity index is 611. The van der Waals surface area contributed by atoms with E-state index in [0.717, 1.165) is 15.9 Å². The molecule has 3 rings (SSSR count). The van der Waals surface area contributed by atoms with Gasteiger partial charge >= 0.3 is 0 Å². The topological polar surface area (TPSA) is 21.3 Å². The Labute approximate surface area is 121 Å². The normalized spacial score (nSPS) is 21.2. The summed E-state index contributed by atoms with van der Waals surface area (Å²) in [4.78, 5) is 0. The summed E-state index contributed by atoms with van der Waals surface area (Å²) >= 11 is 3.52. The second kappa shape index (κ2) is 4.89. The van der Waals surface area contributed by atoms with Gasteiger partial charge in [-0.05, 0) is 49.2 Å². The Morgan fingerprint density at radius 1 is 1.16 bits per heavy atom. The fourth-order valence-electron chi connectivity index (χ4n) is 2.45. The summed E-state index contributed by atoms with van der Waals surface area (Å²) in [6.07, 6.45) is 0.0341. The van der Waals surface area contributed by atoms with Gasteiger partial charge in [0.05, 0.1) is 11.7 Å². The molecule has 1 heterocycles. The summed E-state index contributed by atoms with van der Waals surface area (Å²) < 4.78 is 7.26. The van der Waals surface area contributed by atoms with Crippen molar-refractivity contribution in [3.63, 3.8) is 0 Å². The molecule has 19 heavy (non-hydrogen) atoms. The van der Waals surface area contributed by atoms with E-state index < -0.39 is 0 Å². The van der Waals surface area contributed by atoms with E-state index in [1.807, 2.05) is 12.1 Å². The maximum Gasteiger partial charge on any atom is 0.144 e. The van der Waals surface area contributed by atoms with Crippen molar-refractivity contribution in [1.82, 2.24) is 0 Å². The van der Waals surface area contributed by atoms with Gasteiger partial charge in [-0.3, -0.25) is 0 Å². The van der Waals surface area contributed by atoms with E-state index in [0.29, 0.717) is 0 Å². The standard InChI is InChI=1S/C16H16BrNO/c1-10-6-7-14-15(8-10)19-16(11(2)18-14)12-4-3-5-13(17)9-12/h3-9,11,16,18H,1-2H3. The van der Waals surface area contributed by atoms with Crippen LogP contribution in [0.25, 0.3) is 0 Å². The predicted molar refractivity (Wildman–Crippen MR) is 81.8 cm³/mol. The lowest BCUT2D eigenvalue weighted by molar-refractivity contribution is 0.177. The molecule has 0 aromatic heterocycles. The molecule has 0 saturated carbocycles. The van der Waals surface area contributed by atoms with Crippen molar-refractivity contribution < 1.29 is 4.74 Å². The third-order valence-corrected chi connectivity index (χ3v) is 3.90. The lowest BCUT2D eigenvalue weighted by atomic mass is 10.0. The molecule has 98 valence electrons. The number of fused-ring (bicyclic) bond motifs is 1. The maximum absolute atomic E-state index is 6.18. The Morgan fingerprint density at radius 3 is 2.79 bits per heavy atom. The summed E-state index contributed by atoms with van der Waals surface area (Å²) in [7, 11) is 0. The van der Waals surface area contributed by atoms with Crippen LogP contribution in [-0.2, 0) is 0 Å². The van der Waals surface area contributed by atoms with Gasteiger partial charge in [-0.2, -0.15) is 0 Å². The van der Waals surface area contributed by atoms with Gasteiger partial charge in [0.25, 0.3) is 0 Å². The van der Waals surface area contributed by atoms with E-state index in [-0.39, 0.29) is 12.1 Å². The van der Waals surface area contributed by atoms with Crippen LogP contribution in [0.2, 0.25) is 0 Å². The second-order valence-corrected chi connectivity index (χ2v) is 5.94. The van der Waals surface area contributed by atoms with Gasteiger partial charge in [0.2, 0.25) is 0 Å². The number of ether oxygens (including phenoxy) is 1. The molecule has 2 nitrogen and oxygen atoms in total. The first-order valence-electron chi connectivity index (χ1n) is 6.43. The fraction of sp³-hybridized carbons (Fsp3) is 0.250. The lowest BCUT2D eigenvalue weighted by Crippen LogP contribution is -2.32. The molecular weight excluding hydrogens is 302 g/mol. The molecule has 2 aromatic rings. The molecule has 0 saturated heterocycles. The van der Waals surface area contributed by atoms with Crippen LogP contribution in [0.1, 0.15) is 24.2 Å². The highest BCUT2D eigenvalue weighted by Gasteiger charge is 2.27. The fourth-order valence-corrected chi connectivity index (χ4v) is 2.86. The Hall–Kier alpha value is -1.48. The van der Waals surface area contributed by atoms with E-state index in [2.05, 4.69) is 65.4 Å². The van der Waals surface area contributed by atoms with Crippen molar-refractivity contribution in [1.29, 1.82) is 0 Å². The number of halogens is 1. The first-order valence-corrected chi connectivity index (χ1v) is 7.22. The molecule has 0 fully saturated rings. The maximum atomic E-state index is 6.18. The first kappa shape index (κ1) is 12.5. The van der Waals surface area contributed by atoms with Gasteiger partial charge in [0.15, 0.2) is 0 Å². The minimum absolute atomic E-state index is 0.0341. The summed E-state index contributed by atoms with van der Waals surface area (Å²) in [6, 6.07) is 14.8. The van der Waals surface area contributed by atoms with Crippen LogP contribution in [0.15, 0.2) is 46.9 Å². The van der Waals surface area contributed by atoms with Crippen LogP contribution in [0.4, 0.5) is 5.69 Å². The molecule has 1 N–H and O–H groups in total. The summed E-state index contributed by atoms with van der Waals surface area (Å²) in [5, 5.41) is 3.51. The molecule has 0 aliphatic carbocycles. The van der Waals surface area contributed by atoms with E-state index >= 15 is 0 Å². The van der Waals surface area contributed by atoms with Crippen molar-refractivity contribution in [2.75, 3.05) is 5.32 Å². The Morgan fingerprint density at radius 2 is 2.00 bits per heavy atom. The zero-order valence-corrected chi connectivity index (χ0v) is 12.6. The molecule has 2 atom stereocenters. The average molecular weight is 318 g/mol. The monoisotopic (exact) mass is 317 g/mol. The van der Waals surface area contributed by atoms with Crippen LogP contribution < -0.4 is 10.1 Å².